The molecule has 0 amide bonds. The van der Waals surface area contributed by atoms with E-state index in [1.807, 2.05) is 18.2 Å². The molecule has 164 valence electrons. The topological polar surface area (TPSA) is 50.1 Å². The van der Waals surface area contributed by atoms with E-state index in [1.54, 1.807) is 24.3 Å². The Balaban J connectivity index is 1.64. The molecule has 0 saturated heterocycles. The number of ether oxygens (including phenoxy) is 1. The zero-order valence-corrected chi connectivity index (χ0v) is 19.1. The number of hydrogen-bond acceptors (Lipinski definition) is 3. The van der Waals surface area contributed by atoms with E-state index in [1.165, 1.54) is 31.2 Å². The second kappa shape index (κ2) is 11.9. The Morgan fingerprint density at radius 2 is 1.44 bits per heavy atom. The third-order valence-corrected chi connectivity index (χ3v) is 5.63. The second-order valence-electron chi connectivity index (χ2n) is 8.17. The summed E-state index contributed by atoms with van der Waals surface area (Å²) in [4.78, 5) is 12.6. The second-order valence-corrected chi connectivity index (χ2v) is 8.17. The van der Waals surface area contributed by atoms with Crippen LogP contribution in [-0.4, -0.2) is 5.97 Å². The highest BCUT2D eigenvalue weighted by atomic mass is 16.5. The summed E-state index contributed by atoms with van der Waals surface area (Å²) < 4.78 is 5.51. The Bertz CT molecular complexity index is 1060. The van der Waals surface area contributed by atoms with Crippen molar-refractivity contribution in [1.82, 2.24) is 0 Å². The van der Waals surface area contributed by atoms with Gasteiger partial charge < -0.3 is 4.74 Å². The smallest absolute Gasteiger partial charge is 0.343 e. The molecule has 0 fully saturated rings. The van der Waals surface area contributed by atoms with Crippen molar-refractivity contribution in [1.29, 1.82) is 5.26 Å². The number of nitrogens with zero attached hydrogens (tertiary/aromatic N) is 1. The number of hydrogen-bond donors (Lipinski definition) is 0. The average Bonchev–Trinajstić information content (AvgIpc) is 2.83. The molecule has 0 aliphatic heterocycles. The maximum Gasteiger partial charge on any atom is 0.343 e. The fourth-order valence-electron chi connectivity index (χ4n) is 3.78. The lowest BCUT2D eigenvalue weighted by molar-refractivity contribution is 0.0734. The SMILES string of the molecule is CCCCCCc1ccc(-c2ccc(C(=O)Oc3ccc(CCC)cc3C#N)cc2)cc1. The monoisotopic (exact) mass is 425 g/mol. The van der Waals surface area contributed by atoms with Crippen molar-refractivity contribution in [2.24, 2.45) is 0 Å². The summed E-state index contributed by atoms with van der Waals surface area (Å²) in [5, 5.41) is 9.41. The summed E-state index contributed by atoms with van der Waals surface area (Å²) in [6.07, 6.45) is 8.09. The molecular weight excluding hydrogens is 394 g/mol. The molecule has 0 heterocycles. The van der Waals surface area contributed by atoms with Crippen LogP contribution >= 0.6 is 0 Å². The van der Waals surface area contributed by atoms with Crippen molar-refractivity contribution in [2.45, 2.75) is 58.8 Å². The zero-order valence-electron chi connectivity index (χ0n) is 19.1. The zero-order chi connectivity index (χ0) is 22.8. The largest absolute Gasteiger partial charge is 0.422 e. The first-order chi connectivity index (χ1) is 15.6. The van der Waals surface area contributed by atoms with E-state index in [2.05, 4.69) is 44.2 Å². The minimum Gasteiger partial charge on any atom is -0.422 e. The number of unbranched alkanes of at least 4 members (excludes halogenated alkanes) is 3. The van der Waals surface area contributed by atoms with Crippen LogP contribution in [0.2, 0.25) is 0 Å². The van der Waals surface area contributed by atoms with Gasteiger partial charge in [0.15, 0.2) is 0 Å². The van der Waals surface area contributed by atoms with Crippen molar-refractivity contribution < 1.29 is 9.53 Å². The number of benzene rings is 3. The maximum atomic E-state index is 12.6. The van der Waals surface area contributed by atoms with Gasteiger partial charge in [-0.25, -0.2) is 4.79 Å². The van der Waals surface area contributed by atoms with Crippen LogP contribution in [0.1, 0.15) is 73.0 Å². The minimum atomic E-state index is -0.460. The predicted octanol–water partition coefficient (Wildman–Crippen LogP) is 7.52. The fraction of sp³-hybridized carbons (Fsp3) is 0.310. The van der Waals surface area contributed by atoms with Crippen LogP contribution in [0.25, 0.3) is 11.1 Å². The molecule has 0 spiro atoms. The van der Waals surface area contributed by atoms with Gasteiger partial charge in [-0.3, -0.25) is 0 Å². The number of carbonyl (C=O) groups is 1. The highest BCUT2D eigenvalue weighted by Crippen LogP contribution is 2.24. The quantitative estimate of drug-likeness (QED) is 0.192. The van der Waals surface area contributed by atoms with E-state index < -0.39 is 5.97 Å². The van der Waals surface area contributed by atoms with Gasteiger partial charge in [-0.15, -0.1) is 0 Å². The first-order valence-corrected chi connectivity index (χ1v) is 11.6. The van der Waals surface area contributed by atoms with Crippen LogP contribution in [-0.2, 0) is 12.8 Å². The van der Waals surface area contributed by atoms with Crippen LogP contribution in [0.15, 0.2) is 66.7 Å². The van der Waals surface area contributed by atoms with Gasteiger partial charge in [0.1, 0.15) is 11.8 Å². The number of rotatable bonds is 10. The molecule has 0 aliphatic carbocycles. The molecule has 3 rings (SSSR count). The fourth-order valence-corrected chi connectivity index (χ4v) is 3.78. The summed E-state index contributed by atoms with van der Waals surface area (Å²) in [6.45, 7) is 4.32. The van der Waals surface area contributed by atoms with E-state index in [0.29, 0.717) is 16.9 Å². The molecule has 3 aromatic rings. The Morgan fingerprint density at radius 1 is 0.781 bits per heavy atom. The first kappa shape index (κ1) is 23.3. The van der Waals surface area contributed by atoms with Crippen molar-refractivity contribution in [3.05, 3.63) is 89.0 Å². The van der Waals surface area contributed by atoms with E-state index in [9.17, 15) is 10.1 Å². The molecule has 0 bridgehead atoms. The van der Waals surface area contributed by atoms with Gasteiger partial charge >= 0.3 is 5.97 Å². The van der Waals surface area contributed by atoms with Gasteiger partial charge in [0.05, 0.1) is 11.1 Å². The highest BCUT2D eigenvalue weighted by Gasteiger charge is 2.13. The normalized spacial score (nSPS) is 10.5. The van der Waals surface area contributed by atoms with Crippen molar-refractivity contribution in [3.63, 3.8) is 0 Å². The molecule has 0 saturated carbocycles. The van der Waals surface area contributed by atoms with Gasteiger partial charge in [0.25, 0.3) is 0 Å². The summed E-state index contributed by atoms with van der Waals surface area (Å²) >= 11 is 0. The molecule has 0 aromatic heterocycles. The maximum absolute atomic E-state index is 12.6. The van der Waals surface area contributed by atoms with Gasteiger partial charge in [-0.1, -0.05) is 82.0 Å². The number of esters is 1. The van der Waals surface area contributed by atoms with E-state index >= 15 is 0 Å². The summed E-state index contributed by atoms with van der Waals surface area (Å²) in [6, 6.07) is 23.6. The van der Waals surface area contributed by atoms with Crippen LogP contribution in [0, 0.1) is 11.3 Å². The number of carbonyl (C=O) groups excluding carboxylic acids is 1. The molecule has 0 N–H and O–H groups in total. The molecule has 3 aromatic carbocycles. The number of nitriles is 1. The summed E-state index contributed by atoms with van der Waals surface area (Å²) in [5.74, 6) is -0.158. The standard InChI is InChI=1S/C29H31NO2/c1-3-5-6-7-9-22-10-13-24(14-11-22)25-15-17-26(18-16-25)29(31)32-28-19-12-23(8-4-2)20-27(28)21-30/h10-20H,3-9H2,1-2H3. The lowest BCUT2D eigenvalue weighted by Crippen LogP contribution is -2.09. The minimum absolute atomic E-state index is 0.302. The van der Waals surface area contributed by atoms with Crippen LogP contribution in [0.3, 0.4) is 0 Å². The van der Waals surface area contributed by atoms with Gasteiger partial charge in [-0.05, 0) is 65.8 Å². The highest BCUT2D eigenvalue weighted by molar-refractivity contribution is 5.92. The molecule has 32 heavy (non-hydrogen) atoms. The Labute approximate surface area is 191 Å². The van der Waals surface area contributed by atoms with Gasteiger partial charge in [0.2, 0.25) is 0 Å². The summed E-state index contributed by atoms with van der Waals surface area (Å²) in [7, 11) is 0. The predicted molar refractivity (Wildman–Crippen MR) is 130 cm³/mol. The molecule has 0 aliphatic rings. The van der Waals surface area contributed by atoms with Gasteiger partial charge in [-0.2, -0.15) is 5.26 Å². The van der Waals surface area contributed by atoms with Crippen LogP contribution in [0.4, 0.5) is 0 Å². The first-order valence-electron chi connectivity index (χ1n) is 11.6. The van der Waals surface area contributed by atoms with Crippen molar-refractivity contribution >= 4 is 5.97 Å². The van der Waals surface area contributed by atoms with Crippen molar-refractivity contribution in [2.75, 3.05) is 0 Å². The van der Waals surface area contributed by atoms with Gasteiger partial charge in [0, 0.05) is 0 Å². The molecule has 3 nitrogen and oxygen atoms in total. The molecule has 0 unspecified atom stereocenters. The Hall–Kier alpha value is -3.38. The summed E-state index contributed by atoms with van der Waals surface area (Å²) in [5.41, 5.74) is 5.46. The lowest BCUT2D eigenvalue weighted by Gasteiger charge is -2.09. The third-order valence-electron chi connectivity index (χ3n) is 5.63. The van der Waals surface area contributed by atoms with E-state index in [4.69, 9.17) is 4.74 Å². The third kappa shape index (κ3) is 6.31. The van der Waals surface area contributed by atoms with Crippen molar-refractivity contribution in [3.8, 4) is 22.9 Å². The molecular formula is C29H31NO2. The van der Waals surface area contributed by atoms with E-state index in [0.717, 1.165) is 36.0 Å². The Kier molecular flexibility index (Phi) is 8.63. The number of aryl methyl sites for hydroxylation is 2. The molecule has 3 heteroatoms. The van der Waals surface area contributed by atoms with Crippen LogP contribution in [0.5, 0.6) is 5.75 Å². The average molecular weight is 426 g/mol. The van der Waals surface area contributed by atoms with E-state index in [-0.39, 0.29) is 0 Å². The molecule has 0 radical (unpaired) electrons. The van der Waals surface area contributed by atoms with Crippen LogP contribution < -0.4 is 4.74 Å². The Morgan fingerprint density at radius 3 is 2.06 bits per heavy atom. The molecule has 0 atom stereocenters. The lowest BCUT2D eigenvalue weighted by atomic mass is 10.0.